The van der Waals surface area contributed by atoms with Crippen molar-refractivity contribution in [3.63, 3.8) is 0 Å². The number of azo groups is 1. The summed E-state index contributed by atoms with van der Waals surface area (Å²) < 4.78 is -1.80. The van der Waals surface area contributed by atoms with Crippen LogP contribution in [0.25, 0.3) is 0 Å². The number of hydrogen-bond donors (Lipinski definition) is 3. The predicted molar refractivity (Wildman–Crippen MR) is 133 cm³/mol. The quantitative estimate of drug-likeness (QED) is 0.184. The lowest BCUT2D eigenvalue weighted by Crippen LogP contribution is -2.56. The Bertz CT molecular complexity index is 976. The maximum atomic E-state index is 12.0. The number of thiocarbonyl (C=S) groups is 1. The molecule has 0 aliphatic carbocycles. The van der Waals surface area contributed by atoms with E-state index in [9.17, 15) is 4.79 Å². The van der Waals surface area contributed by atoms with Gasteiger partial charge in [0.15, 0.2) is 5.11 Å². The summed E-state index contributed by atoms with van der Waals surface area (Å²) in [7, 11) is 0. The van der Waals surface area contributed by atoms with Crippen molar-refractivity contribution in [2.24, 2.45) is 16.1 Å². The number of halogens is 3. The molecule has 0 bridgehead atoms. The Morgan fingerprint density at radius 3 is 2.26 bits per heavy atom. The lowest BCUT2D eigenvalue weighted by Gasteiger charge is -2.28. The zero-order valence-corrected chi connectivity index (χ0v) is 20.6. The number of amides is 1. The molecule has 2 rings (SSSR count). The largest absolute Gasteiger partial charge is 0.339 e. The predicted octanol–water partition coefficient (Wildman–Crippen LogP) is 6.47. The average molecular weight is 501 g/mol. The van der Waals surface area contributed by atoms with E-state index in [2.05, 4.69) is 26.2 Å². The molecule has 0 spiro atoms. The molecule has 0 saturated heterocycles. The van der Waals surface area contributed by atoms with Crippen LogP contribution in [0.2, 0.25) is 0 Å². The van der Waals surface area contributed by atoms with Crippen LogP contribution in [0.15, 0.2) is 52.7 Å². The van der Waals surface area contributed by atoms with E-state index in [1.54, 1.807) is 13.8 Å². The highest BCUT2D eigenvalue weighted by atomic mass is 35.6. The highest BCUT2D eigenvalue weighted by Gasteiger charge is 2.35. The Hall–Kier alpha value is -1.93. The summed E-state index contributed by atoms with van der Waals surface area (Å²) in [4.78, 5) is 12.0. The number of aryl methyl sites for hydroxylation is 2. The molecule has 10 heteroatoms. The summed E-state index contributed by atoms with van der Waals surface area (Å²) in [5.74, 6) is -0.548. The molecule has 1 atom stereocenters. The minimum Gasteiger partial charge on any atom is -0.339 e. The smallest absolute Gasteiger partial charge is 0.228 e. The Labute approximate surface area is 202 Å². The first-order chi connectivity index (χ1) is 14.5. The third-order valence-corrected chi connectivity index (χ3v) is 5.14. The van der Waals surface area contributed by atoms with Crippen molar-refractivity contribution >= 4 is 75.1 Å². The maximum Gasteiger partial charge on any atom is 0.228 e. The summed E-state index contributed by atoms with van der Waals surface area (Å²) in [6.45, 7) is 7.37. The van der Waals surface area contributed by atoms with Crippen LogP contribution in [-0.2, 0) is 4.79 Å². The van der Waals surface area contributed by atoms with Crippen LogP contribution in [0.5, 0.6) is 0 Å². The number of anilines is 1. The van der Waals surface area contributed by atoms with Gasteiger partial charge in [-0.15, -0.1) is 0 Å². The van der Waals surface area contributed by atoms with Crippen LogP contribution in [0.3, 0.4) is 0 Å². The third kappa shape index (κ3) is 7.92. The van der Waals surface area contributed by atoms with Crippen LogP contribution in [0.4, 0.5) is 17.1 Å². The number of nitrogens with one attached hydrogen (secondary N) is 3. The highest BCUT2D eigenvalue weighted by molar-refractivity contribution is 7.80. The summed E-state index contributed by atoms with van der Waals surface area (Å²) in [5, 5.41) is 17.3. The van der Waals surface area contributed by atoms with Crippen LogP contribution in [0, 0.1) is 19.8 Å². The number of carbonyl (C=O) groups is 1. The van der Waals surface area contributed by atoms with Crippen molar-refractivity contribution in [1.82, 2.24) is 10.6 Å². The number of benzene rings is 2. The second kappa shape index (κ2) is 11.1. The van der Waals surface area contributed by atoms with E-state index in [0.717, 1.165) is 22.5 Å². The van der Waals surface area contributed by atoms with Crippen molar-refractivity contribution < 1.29 is 4.79 Å². The molecule has 6 nitrogen and oxygen atoms in total. The molecular weight excluding hydrogens is 477 g/mol. The lowest BCUT2D eigenvalue weighted by molar-refractivity contribution is -0.124. The molecule has 1 amide bonds. The first-order valence-electron chi connectivity index (χ1n) is 9.50. The molecule has 31 heavy (non-hydrogen) atoms. The molecule has 3 N–H and O–H groups in total. The summed E-state index contributed by atoms with van der Waals surface area (Å²) in [6, 6.07) is 13.3. The molecule has 0 heterocycles. The molecular formula is C21H24Cl3N5OS. The van der Waals surface area contributed by atoms with E-state index >= 15 is 0 Å². The van der Waals surface area contributed by atoms with E-state index in [1.165, 1.54) is 0 Å². The van der Waals surface area contributed by atoms with Gasteiger partial charge in [0.1, 0.15) is 6.17 Å². The Kier molecular flexibility index (Phi) is 9.06. The molecule has 0 unspecified atom stereocenters. The Morgan fingerprint density at radius 2 is 1.68 bits per heavy atom. The Morgan fingerprint density at radius 1 is 1.00 bits per heavy atom. The molecule has 0 radical (unpaired) electrons. The summed E-state index contributed by atoms with van der Waals surface area (Å²) >= 11 is 23.3. The fourth-order valence-corrected chi connectivity index (χ4v) is 2.99. The van der Waals surface area contributed by atoms with Gasteiger partial charge in [0.2, 0.25) is 9.70 Å². The van der Waals surface area contributed by atoms with Gasteiger partial charge in [-0.2, -0.15) is 10.2 Å². The van der Waals surface area contributed by atoms with Crippen molar-refractivity contribution in [2.45, 2.75) is 37.7 Å². The lowest BCUT2D eigenvalue weighted by atomic mass is 10.2. The maximum absolute atomic E-state index is 12.0. The van der Waals surface area contributed by atoms with Crippen molar-refractivity contribution in [2.75, 3.05) is 5.32 Å². The fraction of sp³-hybridized carbons (Fsp3) is 0.333. The van der Waals surface area contributed by atoms with Crippen LogP contribution in [-0.4, -0.2) is 21.0 Å². The van der Waals surface area contributed by atoms with Gasteiger partial charge in [-0.25, -0.2) is 0 Å². The second-order valence-corrected chi connectivity index (χ2v) is 10.00. The Balaban J connectivity index is 2.07. The number of hydrogen-bond acceptors (Lipinski definition) is 4. The van der Waals surface area contributed by atoms with Gasteiger partial charge in [-0.3, -0.25) is 4.79 Å². The first-order valence-corrected chi connectivity index (χ1v) is 11.0. The molecule has 2 aromatic carbocycles. The summed E-state index contributed by atoms with van der Waals surface area (Å²) in [5.41, 5.74) is 4.20. The molecule has 0 aromatic heterocycles. The van der Waals surface area contributed by atoms with E-state index in [-0.39, 0.29) is 16.9 Å². The molecule has 2 aromatic rings. The zero-order valence-electron chi connectivity index (χ0n) is 17.5. The van der Waals surface area contributed by atoms with Gasteiger partial charge < -0.3 is 16.0 Å². The van der Waals surface area contributed by atoms with Crippen molar-refractivity contribution in [3.05, 3.63) is 53.6 Å². The molecule has 0 saturated carbocycles. The monoisotopic (exact) mass is 499 g/mol. The van der Waals surface area contributed by atoms with Crippen LogP contribution in [0.1, 0.15) is 25.0 Å². The first kappa shape index (κ1) is 25.3. The fourth-order valence-electron chi connectivity index (χ4n) is 2.44. The minimum absolute atomic E-state index is 0.192. The molecule has 166 valence electrons. The van der Waals surface area contributed by atoms with Gasteiger partial charge in [-0.1, -0.05) is 66.8 Å². The van der Waals surface area contributed by atoms with Gasteiger partial charge in [-0.05, 0) is 61.5 Å². The van der Waals surface area contributed by atoms with E-state index in [1.807, 2.05) is 56.3 Å². The topological polar surface area (TPSA) is 77.9 Å². The average Bonchev–Trinajstić information content (AvgIpc) is 2.68. The van der Waals surface area contributed by atoms with Crippen LogP contribution < -0.4 is 16.0 Å². The number of rotatable bonds is 6. The van der Waals surface area contributed by atoms with E-state index in [0.29, 0.717) is 5.69 Å². The van der Waals surface area contributed by atoms with Gasteiger partial charge >= 0.3 is 0 Å². The van der Waals surface area contributed by atoms with Crippen molar-refractivity contribution in [3.8, 4) is 0 Å². The number of alkyl halides is 3. The zero-order chi connectivity index (χ0) is 23.2. The minimum atomic E-state index is -1.80. The molecule has 0 aliphatic heterocycles. The van der Waals surface area contributed by atoms with Crippen molar-refractivity contribution in [1.29, 1.82) is 0 Å². The number of carbonyl (C=O) groups excluding carboxylic acids is 1. The van der Waals surface area contributed by atoms with E-state index in [4.69, 9.17) is 47.0 Å². The molecule has 0 aliphatic rings. The SMILES string of the molecule is Cc1ccccc1N=Nc1ccc(NC(=S)N[C@@H](NC(=O)C(C)C)C(Cl)(Cl)Cl)c(C)c1. The third-order valence-electron chi connectivity index (χ3n) is 4.26. The molecule has 0 fully saturated rings. The summed E-state index contributed by atoms with van der Waals surface area (Å²) in [6.07, 6.45) is -1.00. The standard InChI is InChI=1S/C21H24Cl3N5OS/c1-12(2)18(30)26-19(21(22,23)24)27-20(31)25-16-10-9-15(11-14(16)4)28-29-17-8-6-5-7-13(17)3/h5-12,19H,1-4H3,(H,26,30)(H2,25,27,31)/t19-/m1/s1. The second-order valence-electron chi connectivity index (χ2n) is 7.22. The normalized spacial score (nSPS) is 12.6. The number of nitrogens with zero attached hydrogens (tertiary/aromatic N) is 2. The van der Waals surface area contributed by atoms with Gasteiger partial charge in [0.05, 0.1) is 11.4 Å². The van der Waals surface area contributed by atoms with Crippen LogP contribution >= 0.6 is 47.0 Å². The van der Waals surface area contributed by atoms with Gasteiger partial charge in [0.25, 0.3) is 0 Å². The highest BCUT2D eigenvalue weighted by Crippen LogP contribution is 2.30. The van der Waals surface area contributed by atoms with Gasteiger partial charge in [0, 0.05) is 11.6 Å². The van der Waals surface area contributed by atoms with E-state index < -0.39 is 9.96 Å².